The molecule has 0 heterocycles. The molecule has 0 spiro atoms. The zero-order valence-electron chi connectivity index (χ0n) is 14.3. The number of amides is 2. The lowest BCUT2D eigenvalue weighted by Gasteiger charge is -2.38. The van der Waals surface area contributed by atoms with Crippen molar-refractivity contribution in [1.29, 1.82) is 0 Å². The minimum Gasteiger partial charge on any atom is -0.465 e. The van der Waals surface area contributed by atoms with Crippen LogP contribution in [0.1, 0.15) is 48.0 Å². The first kappa shape index (κ1) is 17.9. The monoisotopic (exact) mass is 356 g/mol. The van der Waals surface area contributed by atoms with E-state index in [4.69, 9.17) is 5.73 Å². The fourth-order valence-corrected chi connectivity index (χ4v) is 3.73. The number of carbonyl (C=O) groups is 2. The number of rotatable bonds is 4. The number of carbonyl (C=O) groups excluding carboxylic acids is 1. The van der Waals surface area contributed by atoms with Crippen LogP contribution in [0.3, 0.4) is 0 Å². The maximum atomic E-state index is 14.4. The van der Waals surface area contributed by atoms with Crippen LogP contribution in [0.15, 0.2) is 42.5 Å². The highest BCUT2D eigenvalue weighted by Crippen LogP contribution is 2.39. The molecule has 26 heavy (non-hydrogen) atoms. The molecule has 3 rings (SSSR count). The van der Waals surface area contributed by atoms with Crippen molar-refractivity contribution in [3.05, 3.63) is 59.4 Å². The molecular formula is C20H21FN2O3. The first-order valence-corrected chi connectivity index (χ1v) is 8.62. The Labute approximate surface area is 151 Å². The number of halogens is 1. The number of nitrogens with one attached hydrogen (secondary N) is 1. The van der Waals surface area contributed by atoms with Gasteiger partial charge in [-0.2, -0.15) is 0 Å². The van der Waals surface area contributed by atoms with Crippen molar-refractivity contribution in [3.63, 3.8) is 0 Å². The van der Waals surface area contributed by atoms with Gasteiger partial charge in [-0.05, 0) is 59.9 Å². The lowest BCUT2D eigenvalue weighted by molar-refractivity contribution is 0.1000. The molecule has 5 nitrogen and oxygen atoms in total. The molecule has 6 heteroatoms. The lowest BCUT2D eigenvalue weighted by atomic mass is 9.76. The fraction of sp³-hybridized carbons (Fsp3) is 0.300. The van der Waals surface area contributed by atoms with Gasteiger partial charge in [0.2, 0.25) is 5.91 Å². The second kappa shape index (κ2) is 7.15. The summed E-state index contributed by atoms with van der Waals surface area (Å²) < 4.78 is 14.4. The zero-order chi connectivity index (χ0) is 18.7. The topological polar surface area (TPSA) is 92.4 Å². The van der Waals surface area contributed by atoms with Crippen LogP contribution in [-0.2, 0) is 5.54 Å². The van der Waals surface area contributed by atoms with Crippen LogP contribution in [0.5, 0.6) is 0 Å². The molecule has 0 bridgehead atoms. The standard InChI is InChI=1S/C20H21FN2O3/c21-17-11-15(13-5-4-6-14(9-13)18(22)24)10-16(12-17)20(23-19(25)26)7-2-1-3-8-20/h4-6,9-12,23H,1-3,7-8H2,(H2,22,24)(H,25,26). The van der Waals surface area contributed by atoms with E-state index >= 15 is 0 Å². The van der Waals surface area contributed by atoms with Crippen molar-refractivity contribution >= 4 is 12.0 Å². The predicted octanol–water partition coefficient (Wildman–Crippen LogP) is 4.02. The average Bonchev–Trinajstić information content (AvgIpc) is 2.61. The van der Waals surface area contributed by atoms with Crippen LogP contribution >= 0.6 is 0 Å². The van der Waals surface area contributed by atoms with Gasteiger partial charge < -0.3 is 16.2 Å². The Morgan fingerprint density at radius 3 is 2.42 bits per heavy atom. The van der Waals surface area contributed by atoms with E-state index in [1.165, 1.54) is 12.1 Å². The molecule has 1 aliphatic carbocycles. The number of nitrogens with two attached hydrogens (primary N) is 1. The molecular weight excluding hydrogens is 335 g/mol. The number of hydrogen-bond acceptors (Lipinski definition) is 2. The van der Waals surface area contributed by atoms with E-state index in [2.05, 4.69) is 5.32 Å². The van der Waals surface area contributed by atoms with E-state index in [0.717, 1.165) is 19.3 Å². The quantitative estimate of drug-likeness (QED) is 0.772. The molecule has 0 unspecified atom stereocenters. The van der Waals surface area contributed by atoms with Gasteiger partial charge >= 0.3 is 6.09 Å². The highest BCUT2D eigenvalue weighted by atomic mass is 19.1. The summed E-state index contributed by atoms with van der Waals surface area (Å²) in [6.07, 6.45) is 2.93. The van der Waals surface area contributed by atoms with Gasteiger partial charge in [-0.15, -0.1) is 0 Å². The van der Waals surface area contributed by atoms with Crippen LogP contribution in [-0.4, -0.2) is 17.1 Å². The number of benzene rings is 2. The molecule has 4 N–H and O–H groups in total. The first-order valence-electron chi connectivity index (χ1n) is 8.62. The number of carboxylic acid groups (broad SMARTS) is 1. The Balaban J connectivity index is 2.08. The van der Waals surface area contributed by atoms with Crippen LogP contribution < -0.4 is 11.1 Å². The van der Waals surface area contributed by atoms with Gasteiger partial charge in [0.05, 0.1) is 5.54 Å². The number of primary amides is 1. The van der Waals surface area contributed by atoms with Gasteiger partial charge in [-0.3, -0.25) is 4.79 Å². The molecule has 2 aromatic rings. The van der Waals surface area contributed by atoms with Crippen molar-refractivity contribution in [2.75, 3.05) is 0 Å². The Morgan fingerprint density at radius 1 is 1.04 bits per heavy atom. The zero-order valence-corrected chi connectivity index (χ0v) is 14.3. The van der Waals surface area contributed by atoms with E-state index in [9.17, 15) is 19.1 Å². The van der Waals surface area contributed by atoms with E-state index in [0.29, 0.717) is 35.1 Å². The Bertz CT molecular complexity index is 845. The fourth-order valence-electron chi connectivity index (χ4n) is 3.73. The van der Waals surface area contributed by atoms with Crippen molar-refractivity contribution in [2.24, 2.45) is 5.73 Å². The van der Waals surface area contributed by atoms with E-state index in [1.54, 1.807) is 30.3 Å². The third-order valence-electron chi connectivity index (χ3n) is 4.98. The van der Waals surface area contributed by atoms with Crippen LogP contribution in [0.2, 0.25) is 0 Å². The van der Waals surface area contributed by atoms with Crippen LogP contribution in [0.25, 0.3) is 11.1 Å². The molecule has 1 fully saturated rings. The summed E-state index contributed by atoms with van der Waals surface area (Å²) >= 11 is 0. The summed E-state index contributed by atoms with van der Waals surface area (Å²) in [5.74, 6) is -1.00. The second-order valence-electron chi connectivity index (χ2n) is 6.75. The van der Waals surface area contributed by atoms with Gasteiger partial charge in [-0.1, -0.05) is 31.4 Å². The Hall–Kier alpha value is -2.89. The minimum atomic E-state index is -1.12. The molecule has 2 aromatic carbocycles. The summed E-state index contributed by atoms with van der Waals surface area (Å²) in [5, 5.41) is 11.9. The molecule has 1 saturated carbocycles. The van der Waals surface area contributed by atoms with Crippen LogP contribution in [0.4, 0.5) is 9.18 Å². The summed E-state index contributed by atoms with van der Waals surface area (Å²) in [5.41, 5.74) is 6.72. The SMILES string of the molecule is NC(=O)c1cccc(-c2cc(F)cc(C3(NC(=O)O)CCCCC3)c2)c1. The van der Waals surface area contributed by atoms with Gasteiger partial charge in [-0.25, -0.2) is 9.18 Å². The summed E-state index contributed by atoms with van der Waals surface area (Å²) in [6.45, 7) is 0. The van der Waals surface area contributed by atoms with E-state index in [-0.39, 0.29) is 0 Å². The third kappa shape index (κ3) is 3.69. The summed E-state index contributed by atoms with van der Waals surface area (Å²) in [6, 6.07) is 11.2. The van der Waals surface area contributed by atoms with E-state index in [1.807, 2.05) is 0 Å². The Kier molecular flexibility index (Phi) is 4.93. The molecule has 0 aliphatic heterocycles. The van der Waals surface area contributed by atoms with Gasteiger partial charge in [0.1, 0.15) is 5.82 Å². The van der Waals surface area contributed by atoms with Gasteiger partial charge in [0.15, 0.2) is 0 Å². The molecule has 1 aliphatic rings. The van der Waals surface area contributed by atoms with Crippen molar-refractivity contribution in [2.45, 2.75) is 37.6 Å². The van der Waals surface area contributed by atoms with Crippen LogP contribution in [0, 0.1) is 5.82 Å². The second-order valence-corrected chi connectivity index (χ2v) is 6.75. The third-order valence-corrected chi connectivity index (χ3v) is 4.98. The maximum absolute atomic E-state index is 14.4. The summed E-state index contributed by atoms with van der Waals surface area (Å²) in [4.78, 5) is 22.8. The van der Waals surface area contributed by atoms with Gasteiger partial charge in [0.25, 0.3) is 0 Å². The molecule has 0 saturated heterocycles. The van der Waals surface area contributed by atoms with E-state index < -0.39 is 23.4 Å². The summed E-state index contributed by atoms with van der Waals surface area (Å²) in [7, 11) is 0. The van der Waals surface area contributed by atoms with Crippen molar-refractivity contribution < 1.29 is 19.1 Å². The van der Waals surface area contributed by atoms with Crippen molar-refractivity contribution in [3.8, 4) is 11.1 Å². The largest absolute Gasteiger partial charge is 0.465 e. The molecule has 0 atom stereocenters. The normalized spacial score (nSPS) is 16.0. The highest BCUT2D eigenvalue weighted by molar-refractivity contribution is 5.94. The first-order chi connectivity index (χ1) is 12.4. The maximum Gasteiger partial charge on any atom is 0.405 e. The molecule has 0 aromatic heterocycles. The average molecular weight is 356 g/mol. The number of hydrogen-bond donors (Lipinski definition) is 3. The van der Waals surface area contributed by atoms with Gasteiger partial charge in [0, 0.05) is 5.56 Å². The molecule has 136 valence electrons. The molecule has 2 amide bonds. The predicted molar refractivity (Wildman–Crippen MR) is 96.3 cm³/mol. The molecule has 0 radical (unpaired) electrons. The Morgan fingerprint density at radius 2 is 1.77 bits per heavy atom. The highest BCUT2D eigenvalue weighted by Gasteiger charge is 2.36. The van der Waals surface area contributed by atoms with Crippen molar-refractivity contribution in [1.82, 2.24) is 5.32 Å². The minimum absolute atomic E-state index is 0.337. The lowest BCUT2D eigenvalue weighted by Crippen LogP contribution is -2.46. The smallest absolute Gasteiger partial charge is 0.405 e.